The van der Waals surface area contributed by atoms with Gasteiger partial charge in [0.05, 0.1) is 6.61 Å². The zero-order valence-electron chi connectivity index (χ0n) is 6.53. The van der Waals surface area contributed by atoms with Crippen LogP contribution >= 0.6 is 15.9 Å². The van der Waals surface area contributed by atoms with Crippen molar-refractivity contribution in [1.82, 2.24) is 0 Å². The van der Waals surface area contributed by atoms with Gasteiger partial charge in [0, 0.05) is 4.47 Å². The van der Waals surface area contributed by atoms with Crippen molar-refractivity contribution in [2.24, 2.45) is 5.90 Å². The summed E-state index contributed by atoms with van der Waals surface area (Å²) in [4.78, 5) is 4.40. The third kappa shape index (κ3) is 3.17. The lowest BCUT2D eigenvalue weighted by atomic mass is 10.2. The van der Waals surface area contributed by atoms with Crippen LogP contribution in [0.5, 0.6) is 0 Å². The van der Waals surface area contributed by atoms with Crippen molar-refractivity contribution in [3.8, 4) is 0 Å². The Bertz CT molecular complexity index is 273. The predicted octanol–water partition coefficient (Wildman–Crippen LogP) is 2.35. The van der Waals surface area contributed by atoms with E-state index in [2.05, 4.69) is 20.8 Å². The van der Waals surface area contributed by atoms with Gasteiger partial charge in [-0.05, 0) is 17.7 Å². The Morgan fingerprint density at radius 3 is 3.00 bits per heavy atom. The van der Waals surface area contributed by atoms with Crippen LogP contribution in [0.3, 0.4) is 0 Å². The molecule has 0 spiro atoms. The summed E-state index contributed by atoms with van der Waals surface area (Å²) in [7, 11) is 0. The first-order valence-electron chi connectivity index (χ1n) is 3.56. The molecule has 0 fully saturated rings. The molecular formula is C9H10BrNO. The van der Waals surface area contributed by atoms with Gasteiger partial charge < -0.3 is 4.84 Å². The zero-order chi connectivity index (χ0) is 8.81. The molecule has 2 N–H and O–H groups in total. The molecule has 0 amide bonds. The standard InChI is InChI=1S/C9H10BrNO/c10-9-5-1-3-8(7-9)4-2-6-12-11/h1-5,7H,6,11H2/b4-2+. The van der Waals surface area contributed by atoms with E-state index in [0.717, 1.165) is 10.0 Å². The summed E-state index contributed by atoms with van der Waals surface area (Å²) in [6.45, 7) is 0.437. The Balaban J connectivity index is 2.63. The van der Waals surface area contributed by atoms with Crippen LogP contribution < -0.4 is 5.90 Å². The molecule has 0 aliphatic heterocycles. The summed E-state index contributed by atoms with van der Waals surface area (Å²) >= 11 is 3.38. The number of halogens is 1. The van der Waals surface area contributed by atoms with Gasteiger partial charge in [0.2, 0.25) is 0 Å². The van der Waals surface area contributed by atoms with E-state index in [4.69, 9.17) is 5.90 Å². The molecule has 1 aromatic carbocycles. The molecule has 0 atom stereocenters. The van der Waals surface area contributed by atoms with Gasteiger partial charge in [-0.3, -0.25) is 0 Å². The van der Waals surface area contributed by atoms with Crippen LogP contribution in [0, 0.1) is 0 Å². The van der Waals surface area contributed by atoms with Gasteiger partial charge in [0.1, 0.15) is 0 Å². The number of rotatable bonds is 3. The second-order valence-corrected chi connectivity index (χ2v) is 3.21. The van der Waals surface area contributed by atoms with Gasteiger partial charge >= 0.3 is 0 Å². The average molecular weight is 228 g/mol. The molecule has 0 heterocycles. The predicted molar refractivity (Wildman–Crippen MR) is 53.3 cm³/mol. The molecule has 1 aromatic rings. The van der Waals surface area contributed by atoms with Gasteiger partial charge in [0.15, 0.2) is 0 Å². The molecular weight excluding hydrogens is 218 g/mol. The Labute approximate surface area is 80.1 Å². The third-order valence-corrected chi connectivity index (χ3v) is 1.84. The number of hydrogen-bond acceptors (Lipinski definition) is 2. The maximum Gasteiger partial charge on any atom is 0.0864 e. The monoisotopic (exact) mass is 227 g/mol. The highest BCUT2D eigenvalue weighted by molar-refractivity contribution is 9.10. The van der Waals surface area contributed by atoms with Crippen LogP contribution in [0.4, 0.5) is 0 Å². The fourth-order valence-electron chi connectivity index (χ4n) is 0.850. The molecule has 12 heavy (non-hydrogen) atoms. The molecule has 0 aliphatic carbocycles. The molecule has 1 rings (SSSR count). The molecule has 0 aliphatic rings. The Hall–Kier alpha value is -0.640. The van der Waals surface area contributed by atoms with Crippen LogP contribution in [0.1, 0.15) is 5.56 Å². The Morgan fingerprint density at radius 2 is 2.33 bits per heavy atom. The SMILES string of the molecule is NOC/C=C/c1cccc(Br)c1. The summed E-state index contributed by atoms with van der Waals surface area (Å²) in [5.74, 6) is 4.86. The molecule has 0 saturated carbocycles. The van der Waals surface area contributed by atoms with Crippen LogP contribution in [0.25, 0.3) is 6.08 Å². The smallest absolute Gasteiger partial charge is 0.0864 e. The molecule has 0 saturated heterocycles. The molecule has 2 nitrogen and oxygen atoms in total. The molecule has 0 unspecified atom stereocenters. The zero-order valence-corrected chi connectivity index (χ0v) is 8.12. The van der Waals surface area contributed by atoms with E-state index in [1.165, 1.54) is 0 Å². The Morgan fingerprint density at radius 1 is 1.50 bits per heavy atom. The minimum atomic E-state index is 0.437. The molecule has 3 heteroatoms. The number of hydrogen-bond donors (Lipinski definition) is 1. The lowest BCUT2D eigenvalue weighted by molar-refractivity contribution is 0.168. The van der Waals surface area contributed by atoms with Crippen molar-refractivity contribution in [3.63, 3.8) is 0 Å². The first-order chi connectivity index (χ1) is 5.83. The van der Waals surface area contributed by atoms with E-state index in [9.17, 15) is 0 Å². The van der Waals surface area contributed by atoms with Crippen molar-refractivity contribution in [1.29, 1.82) is 0 Å². The largest absolute Gasteiger partial charge is 0.300 e. The maximum atomic E-state index is 4.86. The van der Waals surface area contributed by atoms with Crippen molar-refractivity contribution >= 4 is 22.0 Å². The van der Waals surface area contributed by atoms with E-state index in [-0.39, 0.29) is 0 Å². The fourth-order valence-corrected chi connectivity index (χ4v) is 1.27. The van der Waals surface area contributed by atoms with Crippen molar-refractivity contribution < 1.29 is 4.84 Å². The topological polar surface area (TPSA) is 35.2 Å². The van der Waals surface area contributed by atoms with Gasteiger partial charge in [-0.1, -0.05) is 40.2 Å². The number of nitrogens with two attached hydrogens (primary N) is 1. The lowest BCUT2D eigenvalue weighted by Crippen LogP contribution is -1.96. The summed E-state index contributed by atoms with van der Waals surface area (Å²) < 4.78 is 1.07. The van der Waals surface area contributed by atoms with Crippen molar-refractivity contribution in [2.45, 2.75) is 0 Å². The second-order valence-electron chi connectivity index (χ2n) is 2.29. The van der Waals surface area contributed by atoms with Gasteiger partial charge in [-0.2, -0.15) is 0 Å². The highest BCUT2D eigenvalue weighted by atomic mass is 79.9. The minimum Gasteiger partial charge on any atom is -0.300 e. The van der Waals surface area contributed by atoms with Gasteiger partial charge in [0.25, 0.3) is 0 Å². The van der Waals surface area contributed by atoms with Crippen molar-refractivity contribution in [2.75, 3.05) is 6.61 Å². The summed E-state index contributed by atoms with van der Waals surface area (Å²) in [5, 5.41) is 0. The van der Waals surface area contributed by atoms with Gasteiger partial charge in [-0.25, -0.2) is 5.90 Å². The van der Waals surface area contributed by atoms with Crippen LogP contribution in [-0.2, 0) is 4.84 Å². The minimum absolute atomic E-state index is 0.437. The highest BCUT2D eigenvalue weighted by Gasteiger charge is 1.87. The van der Waals surface area contributed by atoms with E-state index >= 15 is 0 Å². The quantitative estimate of drug-likeness (QED) is 0.806. The highest BCUT2D eigenvalue weighted by Crippen LogP contribution is 2.12. The van der Waals surface area contributed by atoms with E-state index < -0.39 is 0 Å². The lowest BCUT2D eigenvalue weighted by Gasteiger charge is -1.93. The third-order valence-electron chi connectivity index (χ3n) is 1.35. The molecule has 0 aromatic heterocycles. The summed E-state index contributed by atoms with van der Waals surface area (Å²) in [6.07, 6.45) is 3.82. The van der Waals surface area contributed by atoms with E-state index in [1.54, 1.807) is 0 Å². The van der Waals surface area contributed by atoms with E-state index in [1.807, 2.05) is 36.4 Å². The number of benzene rings is 1. The first-order valence-corrected chi connectivity index (χ1v) is 4.36. The van der Waals surface area contributed by atoms with E-state index in [0.29, 0.717) is 6.61 Å². The molecule has 64 valence electrons. The van der Waals surface area contributed by atoms with Crippen LogP contribution in [0.2, 0.25) is 0 Å². The van der Waals surface area contributed by atoms with Crippen LogP contribution in [-0.4, -0.2) is 6.61 Å². The van der Waals surface area contributed by atoms with Crippen LogP contribution in [0.15, 0.2) is 34.8 Å². The first kappa shape index (κ1) is 9.45. The normalized spacial score (nSPS) is 10.8. The summed E-state index contributed by atoms with van der Waals surface area (Å²) in [6, 6.07) is 7.99. The van der Waals surface area contributed by atoms with Gasteiger partial charge in [-0.15, -0.1) is 0 Å². The Kier molecular flexibility index (Phi) is 4.00. The molecule has 0 bridgehead atoms. The fraction of sp³-hybridized carbons (Fsp3) is 0.111. The average Bonchev–Trinajstić information content (AvgIpc) is 2.05. The maximum absolute atomic E-state index is 4.86. The second kappa shape index (κ2) is 5.09. The molecule has 0 radical (unpaired) electrons. The van der Waals surface area contributed by atoms with Crippen molar-refractivity contribution in [3.05, 3.63) is 40.4 Å². The summed E-state index contributed by atoms with van der Waals surface area (Å²) in [5.41, 5.74) is 1.13.